The van der Waals surface area contributed by atoms with Crippen LogP contribution in [0.5, 0.6) is 0 Å². The van der Waals surface area contributed by atoms with E-state index in [0.717, 1.165) is 31.5 Å². The Morgan fingerprint density at radius 3 is 2.63 bits per heavy atom. The third kappa shape index (κ3) is 4.18. The Hall–Kier alpha value is -1.14. The number of hydrogen-bond acceptors (Lipinski definition) is 3. The molecular formula is C13H20F3N3. The van der Waals surface area contributed by atoms with Gasteiger partial charge in [-0.25, -0.2) is 0 Å². The molecule has 0 saturated carbocycles. The van der Waals surface area contributed by atoms with E-state index in [-0.39, 0.29) is 11.5 Å². The van der Waals surface area contributed by atoms with E-state index in [1.807, 2.05) is 13.8 Å². The van der Waals surface area contributed by atoms with Gasteiger partial charge in [0.2, 0.25) is 0 Å². The fourth-order valence-corrected chi connectivity index (χ4v) is 2.17. The Balaban J connectivity index is 3.05. The Labute approximate surface area is 111 Å². The molecule has 0 radical (unpaired) electrons. The molecule has 0 aliphatic rings. The van der Waals surface area contributed by atoms with Gasteiger partial charge in [-0.15, -0.1) is 0 Å². The topological polar surface area (TPSA) is 50.9 Å². The smallest absolute Gasteiger partial charge is 0.271 e. The molecule has 0 spiro atoms. The lowest BCUT2D eigenvalue weighted by Gasteiger charge is -2.26. The van der Waals surface area contributed by atoms with Gasteiger partial charge >= 0.3 is 6.18 Å². The van der Waals surface area contributed by atoms with Crippen LogP contribution in [0.25, 0.3) is 0 Å². The summed E-state index contributed by atoms with van der Waals surface area (Å²) in [6, 6.07) is 0.448. The number of alkyl halides is 3. The van der Waals surface area contributed by atoms with Crippen LogP contribution in [0.3, 0.4) is 0 Å². The van der Waals surface area contributed by atoms with Crippen molar-refractivity contribution in [2.45, 2.75) is 45.3 Å². The normalized spacial score (nSPS) is 15.3. The molecule has 0 aromatic carbocycles. The average molecular weight is 275 g/mol. The monoisotopic (exact) mass is 275 g/mol. The van der Waals surface area contributed by atoms with Crippen molar-refractivity contribution in [1.82, 2.24) is 10.4 Å². The van der Waals surface area contributed by atoms with Crippen LogP contribution in [0.15, 0.2) is 18.5 Å². The summed E-state index contributed by atoms with van der Waals surface area (Å²) >= 11 is 0. The molecule has 0 aliphatic carbocycles. The van der Waals surface area contributed by atoms with Crippen LogP contribution in [-0.2, 0) is 6.18 Å². The van der Waals surface area contributed by atoms with Gasteiger partial charge in [-0.1, -0.05) is 26.7 Å². The molecule has 1 aromatic rings. The van der Waals surface area contributed by atoms with Gasteiger partial charge in [0, 0.05) is 18.0 Å². The summed E-state index contributed by atoms with van der Waals surface area (Å²) in [5.41, 5.74) is 1.94. The molecule has 3 N–H and O–H groups in total. The van der Waals surface area contributed by atoms with Gasteiger partial charge in [0.15, 0.2) is 0 Å². The fraction of sp³-hybridized carbons (Fsp3) is 0.615. The van der Waals surface area contributed by atoms with E-state index in [0.29, 0.717) is 0 Å². The van der Waals surface area contributed by atoms with Gasteiger partial charge in [-0.3, -0.25) is 16.3 Å². The summed E-state index contributed by atoms with van der Waals surface area (Å²) in [6.45, 7) is 3.94. The lowest BCUT2D eigenvalue weighted by Crippen LogP contribution is -2.34. The van der Waals surface area contributed by atoms with Gasteiger partial charge in [0.25, 0.3) is 0 Å². The predicted octanol–water partition coefficient (Wildman–Crippen LogP) is 3.43. The maximum atomic E-state index is 13.0. The number of nitrogens with two attached hydrogens (primary N) is 1. The lowest BCUT2D eigenvalue weighted by molar-refractivity contribution is -0.138. The van der Waals surface area contributed by atoms with E-state index < -0.39 is 17.8 Å². The summed E-state index contributed by atoms with van der Waals surface area (Å²) < 4.78 is 38.9. The SMILES string of the molecule is CCCCC(C)C(NN)c1cnccc1C(F)(F)F. The molecule has 0 bridgehead atoms. The molecule has 6 heteroatoms. The minimum atomic E-state index is -4.39. The number of aromatic nitrogens is 1. The van der Waals surface area contributed by atoms with Gasteiger partial charge < -0.3 is 0 Å². The number of nitrogens with zero attached hydrogens (tertiary/aromatic N) is 1. The zero-order chi connectivity index (χ0) is 14.5. The average Bonchev–Trinajstić information content (AvgIpc) is 2.36. The summed E-state index contributed by atoms with van der Waals surface area (Å²) in [4.78, 5) is 3.79. The van der Waals surface area contributed by atoms with Gasteiger partial charge in [-0.2, -0.15) is 13.2 Å². The first-order chi connectivity index (χ1) is 8.91. The number of halogens is 3. The Kier molecular flexibility index (Phi) is 5.75. The van der Waals surface area contributed by atoms with E-state index in [9.17, 15) is 13.2 Å². The van der Waals surface area contributed by atoms with Crippen LogP contribution in [0, 0.1) is 5.92 Å². The van der Waals surface area contributed by atoms with Gasteiger partial charge in [-0.05, 0) is 18.4 Å². The molecule has 0 amide bonds. The minimum Gasteiger partial charge on any atom is -0.271 e. The molecule has 2 atom stereocenters. The second kappa shape index (κ2) is 6.86. The first-order valence-electron chi connectivity index (χ1n) is 6.39. The van der Waals surface area contributed by atoms with Crippen molar-refractivity contribution in [3.63, 3.8) is 0 Å². The zero-order valence-corrected chi connectivity index (χ0v) is 11.2. The molecule has 0 aliphatic heterocycles. The highest BCUT2D eigenvalue weighted by Gasteiger charge is 2.36. The van der Waals surface area contributed by atoms with Crippen LogP contribution < -0.4 is 11.3 Å². The highest BCUT2D eigenvalue weighted by molar-refractivity contribution is 5.29. The van der Waals surface area contributed by atoms with Gasteiger partial charge in [0.05, 0.1) is 11.6 Å². The summed E-state index contributed by atoms with van der Waals surface area (Å²) in [7, 11) is 0. The van der Waals surface area contributed by atoms with Crippen LogP contribution in [-0.4, -0.2) is 4.98 Å². The maximum Gasteiger partial charge on any atom is 0.416 e. The van der Waals surface area contributed by atoms with Crippen molar-refractivity contribution in [2.24, 2.45) is 11.8 Å². The number of hydrazine groups is 1. The maximum absolute atomic E-state index is 13.0. The lowest BCUT2D eigenvalue weighted by atomic mass is 9.89. The minimum absolute atomic E-state index is 0.00949. The van der Waals surface area contributed by atoms with Crippen molar-refractivity contribution in [2.75, 3.05) is 0 Å². The van der Waals surface area contributed by atoms with Crippen LogP contribution in [0.1, 0.15) is 50.3 Å². The largest absolute Gasteiger partial charge is 0.416 e. The number of pyridine rings is 1. The summed E-state index contributed by atoms with van der Waals surface area (Å²) in [5, 5.41) is 0. The van der Waals surface area contributed by atoms with Crippen LogP contribution >= 0.6 is 0 Å². The standard InChI is InChI=1S/C13H20F3N3/c1-3-4-5-9(2)12(19-17)10-8-18-7-6-11(10)13(14,15)16/h6-9,12,19H,3-5,17H2,1-2H3. The van der Waals surface area contributed by atoms with Crippen molar-refractivity contribution in [3.8, 4) is 0 Å². The third-order valence-corrected chi connectivity index (χ3v) is 3.25. The highest BCUT2D eigenvalue weighted by Crippen LogP contribution is 2.36. The molecule has 1 rings (SSSR count). The van der Waals surface area contributed by atoms with Crippen molar-refractivity contribution >= 4 is 0 Å². The summed E-state index contributed by atoms with van der Waals surface area (Å²) in [5.74, 6) is 5.45. The molecule has 0 saturated heterocycles. The first-order valence-corrected chi connectivity index (χ1v) is 6.39. The molecule has 3 nitrogen and oxygen atoms in total. The predicted molar refractivity (Wildman–Crippen MR) is 68.0 cm³/mol. The molecule has 19 heavy (non-hydrogen) atoms. The Morgan fingerprint density at radius 1 is 1.42 bits per heavy atom. The number of hydrogen-bond donors (Lipinski definition) is 2. The van der Waals surface area contributed by atoms with Crippen molar-refractivity contribution < 1.29 is 13.2 Å². The molecule has 1 heterocycles. The fourth-order valence-electron chi connectivity index (χ4n) is 2.17. The van der Waals surface area contributed by atoms with E-state index in [2.05, 4.69) is 10.4 Å². The molecular weight excluding hydrogens is 255 g/mol. The van der Waals surface area contributed by atoms with Crippen molar-refractivity contribution in [1.29, 1.82) is 0 Å². The highest BCUT2D eigenvalue weighted by atomic mass is 19.4. The number of rotatable bonds is 6. The third-order valence-electron chi connectivity index (χ3n) is 3.25. The summed E-state index contributed by atoms with van der Waals surface area (Å²) in [6.07, 6.45) is 0.781. The number of nitrogens with one attached hydrogen (secondary N) is 1. The molecule has 2 unspecified atom stereocenters. The second-order valence-corrected chi connectivity index (χ2v) is 4.72. The Bertz CT molecular complexity index is 393. The molecule has 0 fully saturated rings. The first kappa shape index (κ1) is 15.9. The molecule has 108 valence electrons. The van der Waals surface area contributed by atoms with Crippen molar-refractivity contribution in [3.05, 3.63) is 29.6 Å². The van der Waals surface area contributed by atoms with Crippen LogP contribution in [0.4, 0.5) is 13.2 Å². The van der Waals surface area contributed by atoms with Crippen LogP contribution in [0.2, 0.25) is 0 Å². The zero-order valence-electron chi connectivity index (χ0n) is 11.2. The Morgan fingerprint density at radius 2 is 2.11 bits per heavy atom. The van der Waals surface area contributed by atoms with Gasteiger partial charge in [0.1, 0.15) is 0 Å². The number of unbranched alkanes of at least 4 members (excludes halogenated alkanes) is 1. The van der Waals surface area contributed by atoms with E-state index >= 15 is 0 Å². The van der Waals surface area contributed by atoms with E-state index in [4.69, 9.17) is 5.84 Å². The molecule has 1 aromatic heterocycles. The van der Waals surface area contributed by atoms with E-state index in [1.54, 1.807) is 0 Å². The second-order valence-electron chi connectivity index (χ2n) is 4.72. The quantitative estimate of drug-likeness (QED) is 0.617. The van der Waals surface area contributed by atoms with E-state index in [1.165, 1.54) is 6.20 Å².